The number of rotatable bonds is 5. The van der Waals surface area contributed by atoms with Crippen molar-refractivity contribution in [1.82, 2.24) is 4.90 Å². The lowest BCUT2D eigenvalue weighted by Crippen LogP contribution is -2.27. The number of likely N-dealkylation sites (tertiary alicyclic amines) is 1. The Morgan fingerprint density at radius 1 is 1.00 bits per heavy atom. The summed E-state index contributed by atoms with van der Waals surface area (Å²) in [6.07, 6.45) is 4.32. The average molecular weight is 294 g/mol. The summed E-state index contributed by atoms with van der Waals surface area (Å²) in [7, 11) is 0. The summed E-state index contributed by atoms with van der Waals surface area (Å²) in [6.45, 7) is 3.01. The molecule has 2 aromatic rings. The first kappa shape index (κ1) is 14.8. The van der Waals surface area contributed by atoms with Gasteiger partial charge in [-0.25, -0.2) is 0 Å². The van der Waals surface area contributed by atoms with Crippen molar-refractivity contribution in [2.45, 2.75) is 18.9 Å². The molecule has 0 aromatic heterocycles. The maximum absolute atomic E-state index is 9.80. The van der Waals surface area contributed by atoms with Crippen molar-refractivity contribution in [3.8, 4) is 5.75 Å². The molecule has 1 atom stereocenters. The summed E-state index contributed by atoms with van der Waals surface area (Å²) < 4.78 is 0. The average Bonchev–Trinajstić information content (AvgIpc) is 3.08. The summed E-state index contributed by atoms with van der Waals surface area (Å²) in [5, 5.41) is 9.80. The van der Waals surface area contributed by atoms with Crippen LogP contribution in [0.25, 0.3) is 0 Å². The highest BCUT2D eigenvalue weighted by Crippen LogP contribution is 2.25. The van der Waals surface area contributed by atoms with Crippen LogP contribution in [-0.4, -0.2) is 35.9 Å². The van der Waals surface area contributed by atoms with Crippen LogP contribution in [-0.2, 0) is 0 Å². The molecule has 3 nitrogen and oxygen atoms in total. The molecule has 0 saturated carbocycles. The first-order valence-electron chi connectivity index (χ1n) is 7.91. The summed E-state index contributed by atoms with van der Waals surface area (Å²) in [6, 6.07) is 18.2. The molecule has 1 aliphatic rings. The standard InChI is InChI=1S/C19H22N2O/c22-19-11-5-4-10-17(19)14-20-15-18(21-12-6-7-13-21)16-8-2-1-3-9-16/h1-5,8-11,14,18,22H,6-7,12-13,15H2/t18-/m1/s1. The molecule has 0 aliphatic carbocycles. The fraction of sp³-hybridized carbons (Fsp3) is 0.316. The zero-order valence-electron chi connectivity index (χ0n) is 12.7. The van der Waals surface area contributed by atoms with Crippen LogP contribution >= 0.6 is 0 Å². The number of benzene rings is 2. The zero-order valence-corrected chi connectivity index (χ0v) is 12.7. The van der Waals surface area contributed by atoms with Gasteiger partial charge in [0, 0.05) is 11.8 Å². The van der Waals surface area contributed by atoms with E-state index in [9.17, 15) is 5.11 Å². The molecule has 0 unspecified atom stereocenters. The minimum atomic E-state index is 0.281. The fourth-order valence-electron chi connectivity index (χ4n) is 3.01. The third-order valence-corrected chi connectivity index (χ3v) is 4.21. The van der Waals surface area contributed by atoms with Crippen LogP contribution in [0.1, 0.15) is 30.0 Å². The minimum absolute atomic E-state index is 0.281. The van der Waals surface area contributed by atoms with Gasteiger partial charge < -0.3 is 5.11 Å². The van der Waals surface area contributed by atoms with Crippen molar-refractivity contribution in [2.24, 2.45) is 4.99 Å². The largest absolute Gasteiger partial charge is 0.507 e. The Hall–Kier alpha value is -2.13. The first-order valence-corrected chi connectivity index (χ1v) is 7.91. The molecule has 2 aromatic carbocycles. The van der Waals surface area contributed by atoms with Gasteiger partial charge in [-0.05, 0) is 43.6 Å². The highest BCUT2D eigenvalue weighted by Gasteiger charge is 2.22. The number of hydrogen-bond donors (Lipinski definition) is 1. The van der Waals surface area contributed by atoms with Crippen molar-refractivity contribution in [3.63, 3.8) is 0 Å². The Balaban J connectivity index is 1.74. The van der Waals surface area contributed by atoms with E-state index in [2.05, 4.69) is 40.2 Å². The smallest absolute Gasteiger partial charge is 0.124 e. The van der Waals surface area contributed by atoms with Crippen LogP contribution in [0.5, 0.6) is 5.75 Å². The Morgan fingerprint density at radius 2 is 1.68 bits per heavy atom. The molecule has 3 heteroatoms. The number of aliphatic imine (C=N–C) groups is 1. The number of nitrogens with zero attached hydrogens (tertiary/aromatic N) is 2. The van der Waals surface area contributed by atoms with Gasteiger partial charge in [-0.3, -0.25) is 9.89 Å². The quantitative estimate of drug-likeness (QED) is 0.854. The summed E-state index contributed by atoms with van der Waals surface area (Å²) >= 11 is 0. The molecule has 0 spiro atoms. The molecule has 3 rings (SSSR count). The fourth-order valence-corrected chi connectivity index (χ4v) is 3.01. The molecule has 1 N–H and O–H groups in total. The molecule has 22 heavy (non-hydrogen) atoms. The van der Waals surface area contributed by atoms with Gasteiger partial charge in [-0.1, -0.05) is 42.5 Å². The molecule has 1 aliphatic heterocycles. The van der Waals surface area contributed by atoms with Gasteiger partial charge in [0.2, 0.25) is 0 Å². The van der Waals surface area contributed by atoms with E-state index in [1.807, 2.05) is 18.2 Å². The van der Waals surface area contributed by atoms with Gasteiger partial charge in [0.05, 0.1) is 12.6 Å². The van der Waals surface area contributed by atoms with E-state index in [1.165, 1.54) is 18.4 Å². The number of phenolic OH excluding ortho intramolecular Hbond substituents is 1. The molecule has 1 saturated heterocycles. The highest BCUT2D eigenvalue weighted by atomic mass is 16.3. The van der Waals surface area contributed by atoms with E-state index in [0.29, 0.717) is 6.04 Å². The second-order valence-electron chi connectivity index (χ2n) is 5.72. The van der Waals surface area contributed by atoms with Gasteiger partial charge >= 0.3 is 0 Å². The third kappa shape index (κ3) is 3.55. The van der Waals surface area contributed by atoms with Crippen molar-refractivity contribution in [2.75, 3.05) is 19.6 Å². The maximum atomic E-state index is 9.80. The number of aromatic hydroxyl groups is 1. The van der Waals surface area contributed by atoms with Crippen LogP contribution < -0.4 is 0 Å². The molecule has 0 bridgehead atoms. The van der Waals surface area contributed by atoms with Crippen LogP contribution in [0.4, 0.5) is 0 Å². The first-order chi connectivity index (χ1) is 10.8. The molecule has 1 fully saturated rings. The van der Waals surface area contributed by atoms with E-state index < -0.39 is 0 Å². The normalized spacial score (nSPS) is 17.1. The summed E-state index contributed by atoms with van der Waals surface area (Å²) in [5.41, 5.74) is 2.09. The highest BCUT2D eigenvalue weighted by molar-refractivity contribution is 5.83. The molecular formula is C19H22N2O. The second kappa shape index (κ2) is 7.23. The monoisotopic (exact) mass is 294 g/mol. The lowest BCUT2D eigenvalue weighted by Gasteiger charge is -2.26. The minimum Gasteiger partial charge on any atom is -0.507 e. The third-order valence-electron chi connectivity index (χ3n) is 4.21. The molecule has 1 heterocycles. The number of phenols is 1. The van der Waals surface area contributed by atoms with Gasteiger partial charge in [0.1, 0.15) is 5.75 Å². The van der Waals surface area contributed by atoms with Crippen LogP contribution in [0.15, 0.2) is 59.6 Å². The van der Waals surface area contributed by atoms with E-state index >= 15 is 0 Å². The Labute approximate surface area is 131 Å². The molecule has 114 valence electrons. The zero-order chi connectivity index (χ0) is 15.2. The topological polar surface area (TPSA) is 35.8 Å². The predicted octanol–water partition coefficient (Wildman–Crippen LogP) is 3.65. The van der Waals surface area contributed by atoms with Gasteiger partial charge in [-0.2, -0.15) is 0 Å². The molecular weight excluding hydrogens is 272 g/mol. The lowest BCUT2D eigenvalue weighted by atomic mass is 10.1. The van der Waals surface area contributed by atoms with E-state index in [4.69, 9.17) is 0 Å². The summed E-state index contributed by atoms with van der Waals surface area (Å²) in [4.78, 5) is 7.11. The Kier molecular flexibility index (Phi) is 4.86. The summed E-state index contributed by atoms with van der Waals surface area (Å²) in [5.74, 6) is 0.281. The van der Waals surface area contributed by atoms with Crippen LogP contribution in [0.3, 0.4) is 0 Å². The van der Waals surface area contributed by atoms with E-state index in [-0.39, 0.29) is 5.75 Å². The predicted molar refractivity (Wildman–Crippen MR) is 90.6 cm³/mol. The lowest BCUT2D eigenvalue weighted by molar-refractivity contribution is 0.252. The van der Waals surface area contributed by atoms with Crippen molar-refractivity contribution in [1.29, 1.82) is 0 Å². The number of hydrogen-bond acceptors (Lipinski definition) is 3. The van der Waals surface area contributed by atoms with Crippen molar-refractivity contribution in [3.05, 3.63) is 65.7 Å². The molecule has 0 amide bonds. The van der Waals surface area contributed by atoms with Crippen LogP contribution in [0.2, 0.25) is 0 Å². The Bertz CT molecular complexity index is 618. The Morgan fingerprint density at radius 3 is 2.41 bits per heavy atom. The maximum Gasteiger partial charge on any atom is 0.124 e. The van der Waals surface area contributed by atoms with E-state index in [1.54, 1.807) is 12.3 Å². The van der Waals surface area contributed by atoms with Crippen LogP contribution in [0, 0.1) is 0 Å². The molecule has 0 radical (unpaired) electrons. The van der Waals surface area contributed by atoms with Gasteiger partial charge in [0.25, 0.3) is 0 Å². The van der Waals surface area contributed by atoms with E-state index in [0.717, 1.165) is 25.2 Å². The SMILES string of the molecule is Oc1ccccc1C=NC[C@H](c1ccccc1)N1CCCC1. The van der Waals surface area contributed by atoms with Gasteiger partial charge in [0.15, 0.2) is 0 Å². The second-order valence-corrected chi connectivity index (χ2v) is 5.72. The van der Waals surface area contributed by atoms with Gasteiger partial charge in [-0.15, -0.1) is 0 Å². The van der Waals surface area contributed by atoms with Crippen molar-refractivity contribution < 1.29 is 5.11 Å². The van der Waals surface area contributed by atoms with Crippen molar-refractivity contribution >= 4 is 6.21 Å². The number of para-hydroxylation sites is 1.